The molecule has 1 aliphatic heterocycles. The number of amides is 1. The molecule has 2 rings (SSSR count). The van der Waals surface area contributed by atoms with Gasteiger partial charge in [0.05, 0.1) is 11.3 Å². The first kappa shape index (κ1) is 10.2. The van der Waals surface area contributed by atoms with Crippen molar-refractivity contribution in [1.82, 2.24) is 0 Å². The maximum atomic E-state index is 10.6. The molecular weight excluding hydrogens is 186 g/mol. The van der Waals surface area contributed by atoms with Crippen molar-refractivity contribution in [1.29, 1.82) is 0 Å². The quantitative estimate of drug-likeness (QED) is 0.602. The normalized spacial score (nSPS) is 11.4. The van der Waals surface area contributed by atoms with E-state index in [4.69, 9.17) is 15.0 Å². The van der Waals surface area contributed by atoms with E-state index >= 15 is 0 Å². The second kappa shape index (κ2) is 4.38. The molecule has 3 N–H and O–H groups in total. The number of carbonyl (C=O) groups is 2. The van der Waals surface area contributed by atoms with Gasteiger partial charge in [0, 0.05) is 0 Å². The third kappa shape index (κ3) is 2.30. The molecule has 0 fully saturated rings. The highest BCUT2D eigenvalue weighted by atomic mass is 16.4. The smallest absolute Gasteiger partial charge is 0.329 e. The second-order valence-electron chi connectivity index (χ2n) is 2.55. The number of rotatable bonds is 1. The number of carboxylic acid groups (broad SMARTS) is 1. The molecule has 14 heavy (non-hydrogen) atoms. The van der Waals surface area contributed by atoms with Gasteiger partial charge in [-0.3, -0.25) is 4.79 Å². The summed E-state index contributed by atoms with van der Waals surface area (Å²) < 4.78 is 0. The minimum Gasteiger partial charge on any atom is -0.480 e. The van der Waals surface area contributed by atoms with E-state index in [1.807, 2.05) is 24.3 Å². The number of nitrogens with one attached hydrogen (secondary N) is 1. The van der Waals surface area contributed by atoms with Crippen molar-refractivity contribution in [2.45, 2.75) is 0 Å². The lowest BCUT2D eigenvalue weighted by Gasteiger charge is -2.17. The van der Waals surface area contributed by atoms with E-state index in [0.29, 0.717) is 0 Å². The first-order valence-electron chi connectivity index (χ1n) is 3.88. The molecule has 0 saturated carbocycles. The molecule has 0 unspecified atom stereocenters. The van der Waals surface area contributed by atoms with Crippen LogP contribution in [0, 0.1) is 0 Å². The van der Waals surface area contributed by atoms with E-state index < -0.39 is 12.6 Å². The Balaban J connectivity index is 0.000000171. The lowest BCUT2D eigenvalue weighted by atomic mass is 10.1. The van der Waals surface area contributed by atoms with Gasteiger partial charge in [0.1, 0.15) is 6.61 Å². The van der Waals surface area contributed by atoms with Gasteiger partial charge < -0.3 is 15.5 Å². The molecule has 5 heteroatoms. The maximum absolute atomic E-state index is 10.6. The average Bonchev–Trinajstić information content (AvgIpc) is 2.17. The molecular formula is C9H9NO4. The fourth-order valence-corrected chi connectivity index (χ4v) is 0.917. The summed E-state index contributed by atoms with van der Waals surface area (Å²) in [5.74, 6) is -1.16. The Morgan fingerprint density at radius 1 is 1.36 bits per heavy atom. The molecule has 1 aromatic rings. The zero-order valence-corrected chi connectivity index (χ0v) is 7.23. The van der Waals surface area contributed by atoms with Gasteiger partial charge in [-0.25, -0.2) is 4.79 Å². The van der Waals surface area contributed by atoms with E-state index in [2.05, 4.69) is 5.32 Å². The number of aliphatic hydroxyl groups is 1. The summed E-state index contributed by atoms with van der Waals surface area (Å²) in [6, 6.07) is 7.46. The highest BCUT2D eigenvalue weighted by molar-refractivity contribution is 6.17. The minimum atomic E-state index is -1.19. The first-order valence-corrected chi connectivity index (χ1v) is 3.88. The highest BCUT2D eigenvalue weighted by Gasteiger charge is 2.19. The molecule has 0 atom stereocenters. The van der Waals surface area contributed by atoms with E-state index in [-0.39, 0.29) is 5.91 Å². The van der Waals surface area contributed by atoms with Gasteiger partial charge in [-0.15, -0.1) is 0 Å². The van der Waals surface area contributed by atoms with E-state index in [9.17, 15) is 4.79 Å². The zero-order valence-electron chi connectivity index (χ0n) is 7.23. The number of fused-ring (bicyclic) bond motifs is 1. The number of benzene rings is 1. The molecule has 0 bridgehead atoms. The Morgan fingerprint density at radius 2 is 1.93 bits per heavy atom. The number of anilines is 1. The molecule has 0 spiro atoms. The van der Waals surface area contributed by atoms with Gasteiger partial charge in [-0.05, 0) is 12.1 Å². The summed E-state index contributed by atoms with van der Waals surface area (Å²) in [5.41, 5.74) is 1.75. The largest absolute Gasteiger partial charge is 0.480 e. The van der Waals surface area contributed by atoms with E-state index in [1.54, 1.807) is 0 Å². The highest BCUT2D eigenvalue weighted by Crippen LogP contribution is 2.23. The van der Waals surface area contributed by atoms with Crippen LogP contribution in [-0.2, 0) is 4.79 Å². The molecule has 0 radical (unpaired) electrons. The Labute approximate surface area is 80.0 Å². The summed E-state index contributed by atoms with van der Waals surface area (Å²) in [7, 11) is 0. The number of aliphatic hydroxyl groups excluding tert-OH is 1. The van der Waals surface area contributed by atoms with Gasteiger partial charge in [0.2, 0.25) is 0 Å². The van der Waals surface area contributed by atoms with Crippen molar-refractivity contribution in [3.8, 4) is 0 Å². The van der Waals surface area contributed by atoms with Crippen LogP contribution >= 0.6 is 0 Å². The standard InChI is InChI=1S/C7H5NO.C2H4O3/c9-7-5-3-1-2-4-6(5)8-7;3-1-2(4)5/h1-4H,(H,8,9);3H,1H2,(H,4,5). The van der Waals surface area contributed by atoms with Gasteiger partial charge in [-0.2, -0.15) is 0 Å². The molecule has 1 heterocycles. The van der Waals surface area contributed by atoms with Crippen LogP contribution in [0.3, 0.4) is 0 Å². The Morgan fingerprint density at radius 3 is 2.29 bits per heavy atom. The van der Waals surface area contributed by atoms with Crippen LogP contribution in [0.2, 0.25) is 0 Å². The Hall–Kier alpha value is -1.88. The molecule has 1 aromatic carbocycles. The summed E-state index contributed by atoms with van der Waals surface area (Å²) >= 11 is 0. The van der Waals surface area contributed by atoms with Gasteiger partial charge in [-0.1, -0.05) is 12.1 Å². The van der Waals surface area contributed by atoms with Crippen molar-refractivity contribution in [2.75, 3.05) is 11.9 Å². The number of carbonyl (C=O) groups excluding carboxylic acids is 1. The molecule has 1 aliphatic rings. The van der Waals surface area contributed by atoms with Crippen molar-refractivity contribution < 1.29 is 19.8 Å². The summed E-state index contributed by atoms with van der Waals surface area (Å²) in [5, 5.41) is 17.7. The first-order chi connectivity index (χ1) is 6.65. The minimum absolute atomic E-state index is 0.0330. The number of carboxylic acids is 1. The van der Waals surface area contributed by atoms with Crippen LogP contribution < -0.4 is 5.32 Å². The van der Waals surface area contributed by atoms with Crippen LogP contribution in [0.4, 0.5) is 5.69 Å². The molecule has 74 valence electrons. The van der Waals surface area contributed by atoms with Crippen LogP contribution in [-0.4, -0.2) is 28.7 Å². The van der Waals surface area contributed by atoms with Gasteiger partial charge >= 0.3 is 5.97 Å². The number of hydrogen-bond acceptors (Lipinski definition) is 3. The average molecular weight is 195 g/mol. The zero-order chi connectivity index (χ0) is 10.6. The van der Waals surface area contributed by atoms with Crippen molar-refractivity contribution >= 4 is 17.6 Å². The summed E-state index contributed by atoms with van der Waals surface area (Å²) in [6.07, 6.45) is 0. The second-order valence-corrected chi connectivity index (χ2v) is 2.55. The van der Waals surface area contributed by atoms with Crippen LogP contribution in [0.15, 0.2) is 24.3 Å². The van der Waals surface area contributed by atoms with Crippen LogP contribution in [0.1, 0.15) is 10.4 Å². The Bertz CT molecular complexity index is 362. The van der Waals surface area contributed by atoms with Gasteiger partial charge in [0.25, 0.3) is 5.91 Å². The number of para-hydroxylation sites is 1. The van der Waals surface area contributed by atoms with E-state index in [1.165, 1.54) is 0 Å². The van der Waals surface area contributed by atoms with Crippen LogP contribution in [0.25, 0.3) is 0 Å². The lowest BCUT2D eigenvalue weighted by molar-refractivity contribution is -0.140. The van der Waals surface area contributed by atoms with Crippen molar-refractivity contribution in [3.05, 3.63) is 29.8 Å². The summed E-state index contributed by atoms with van der Waals surface area (Å²) in [4.78, 5) is 19.7. The molecule has 0 aliphatic carbocycles. The number of hydrogen-bond donors (Lipinski definition) is 3. The third-order valence-corrected chi connectivity index (χ3v) is 1.56. The topological polar surface area (TPSA) is 86.6 Å². The van der Waals surface area contributed by atoms with Gasteiger partial charge in [0.15, 0.2) is 0 Å². The fourth-order valence-electron chi connectivity index (χ4n) is 0.917. The maximum Gasteiger partial charge on any atom is 0.329 e. The SMILES string of the molecule is O=C(O)CO.O=C1Nc2ccccc21. The molecule has 1 amide bonds. The lowest BCUT2D eigenvalue weighted by Crippen LogP contribution is -2.23. The third-order valence-electron chi connectivity index (χ3n) is 1.56. The predicted molar refractivity (Wildman–Crippen MR) is 49.1 cm³/mol. The summed E-state index contributed by atoms with van der Waals surface area (Å²) in [6.45, 7) is -0.778. The predicted octanol–water partition coefficient (Wildman–Crippen LogP) is 0.316. The van der Waals surface area contributed by atoms with E-state index in [0.717, 1.165) is 11.3 Å². The molecule has 0 saturated heterocycles. The van der Waals surface area contributed by atoms with Crippen molar-refractivity contribution in [2.24, 2.45) is 0 Å². The van der Waals surface area contributed by atoms with Crippen LogP contribution in [0.5, 0.6) is 0 Å². The monoisotopic (exact) mass is 195 g/mol. The Kier molecular flexibility index (Phi) is 3.19. The van der Waals surface area contributed by atoms with Crippen molar-refractivity contribution in [3.63, 3.8) is 0 Å². The molecule has 0 aromatic heterocycles. The molecule has 5 nitrogen and oxygen atoms in total. The fraction of sp³-hybridized carbons (Fsp3) is 0.111. The number of aliphatic carboxylic acids is 1.